The number of fused-ring (bicyclic) bond motifs is 6. The molecule has 1 heterocycles. The molecule has 2 aromatic carbocycles. The van der Waals surface area contributed by atoms with Crippen LogP contribution in [0.25, 0.3) is 22.0 Å². The number of aryl methyl sites for hydroxylation is 2. The van der Waals surface area contributed by atoms with Crippen molar-refractivity contribution in [2.45, 2.75) is 44.9 Å². The van der Waals surface area contributed by atoms with Gasteiger partial charge in [0.05, 0.1) is 7.06 Å². The summed E-state index contributed by atoms with van der Waals surface area (Å²) in [6.07, 6.45) is 4.06. The van der Waals surface area contributed by atoms with Crippen molar-refractivity contribution in [1.29, 1.82) is 0 Å². The predicted molar refractivity (Wildman–Crippen MR) is 96.0 cm³/mol. The van der Waals surface area contributed by atoms with Gasteiger partial charge in [0.25, 0.3) is 0 Å². The van der Waals surface area contributed by atoms with Crippen molar-refractivity contribution in [1.82, 2.24) is 4.98 Å². The lowest BCUT2D eigenvalue weighted by Crippen LogP contribution is -2.01. The van der Waals surface area contributed by atoms with Gasteiger partial charge in [-0.25, -0.2) is 0 Å². The fourth-order valence-corrected chi connectivity index (χ4v) is 4.71. The van der Waals surface area contributed by atoms with Crippen LogP contribution in [-0.2, 0) is 0 Å². The normalized spacial score (nSPS) is 22.4. The van der Waals surface area contributed by atoms with Crippen molar-refractivity contribution in [2.24, 2.45) is 0 Å². The Morgan fingerprint density at radius 2 is 1.78 bits per heavy atom. The van der Waals surface area contributed by atoms with Crippen molar-refractivity contribution >= 4 is 10.8 Å². The van der Waals surface area contributed by atoms with Crippen LogP contribution in [0.5, 0.6) is 0 Å². The highest BCUT2D eigenvalue weighted by atomic mass is 14.7. The highest BCUT2D eigenvalue weighted by molar-refractivity contribution is 5.95. The molecule has 2 aliphatic carbocycles. The molecule has 1 nitrogen and oxygen atoms in total. The van der Waals surface area contributed by atoms with E-state index in [1.807, 2.05) is 25.1 Å². The first-order valence-corrected chi connectivity index (χ1v) is 8.64. The largest absolute Gasteiger partial charge is 0.252 e. The Hall–Kier alpha value is -2.15. The molecule has 23 heavy (non-hydrogen) atoms. The first-order chi connectivity index (χ1) is 11.6. The van der Waals surface area contributed by atoms with E-state index in [2.05, 4.69) is 25.1 Å². The van der Waals surface area contributed by atoms with Crippen molar-refractivity contribution in [3.8, 4) is 11.3 Å². The summed E-state index contributed by atoms with van der Waals surface area (Å²) >= 11 is 0. The molecule has 0 spiro atoms. The van der Waals surface area contributed by atoms with Crippen molar-refractivity contribution < 1.29 is 1.37 Å². The average Bonchev–Trinajstić information content (AvgIpc) is 3.20. The van der Waals surface area contributed by atoms with Crippen LogP contribution < -0.4 is 0 Å². The van der Waals surface area contributed by atoms with Gasteiger partial charge in [-0.1, -0.05) is 30.3 Å². The zero-order valence-corrected chi connectivity index (χ0v) is 13.7. The Morgan fingerprint density at radius 1 is 1.04 bits per heavy atom. The Labute approximate surface area is 138 Å². The van der Waals surface area contributed by atoms with E-state index in [1.54, 1.807) is 11.1 Å². The summed E-state index contributed by atoms with van der Waals surface area (Å²) in [6.45, 7) is 4.16. The Kier molecular flexibility index (Phi) is 2.50. The number of pyridine rings is 1. The molecule has 1 aromatic heterocycles. The van der Waals surface area contributed by atoms with E-state index in [1.165, 1.54) is 30.4 Å². The second kappa shape index (κ2) is 4.67. The molecule has 1 saturated carbocycles. The van der Waals surface area contributed by atoms with Gasteiger partial charge in [-0.2, -0.15) is 0 Å². The molecule has 0 radical (unpaired) electrons. The van der Waals surface area contributed by atoms with Crippen molar-refractivity contribution in [3.63, 3.8) is 0 Å². The van der Waals surface area contributed by atoms with Gasteiger partial charge < -0.3 is 0 Å². The highest BCUT2D eigenvalue weighted by Gasteiger charge is 2.37. The van der Waals surface area contributed by atoms with Crippen molar-refractivity contribution in [3.05, 3.63) is 64.8 Å². The molecule has 0 amide bonds. The van der Waals surface area contributed by atoms with Crippen LogP contribution >= 0.6 is 0 Å². The molecule has 0 N–H and O–H groups in total. The number of hydrogen-bond acceptors (Lipinski definition) is 1. The maximum Gasteiger partial charge on any atom is 0.0786 e. The minimum absolute atomic E-state index is 0.548. The molecular formula is C22H21N. The Balaban J connectivity index is 1.80. The summed E-state index contributed by atoms with van der Waals surface area (Å²) in [5.74, 6) is 1.55. The minimum Gasteiger partial charge on any atom is -0.252 e. The van der Waals surface area contributed by atoms with Gasteiger partial charge in [0.1, 0.15) is 0 Å². The number of hydrogen-bond donors (Lipinski definition) is 0. The van der Waals surface area contributed by atoms with Crippen LogP contribution in [0.1, 0.15) is 54.9 Å². The summed E-state index contributed by atoms with van der Waals surface area (Å²) in [7, 11) is 0. The number of rotatable bonds is 1. The maximum atomic E-state index is 8.33. The average molecular weight is 300 g/mol. The smallest absolute Gasteiger partial charge is 0.0786 e. The monoisotopic (exact) mass is 300 g/mol. The van der Waals surface area contributed by atoms with E-state index in [0.717, 1.165) is 34.0 Å². The first-order valence-electron chi connectivity index (χ1n) is 9.14. The second-order valence-electron chi connectivity index (χ2n) is 7.22. The van der Waals surface area contributed by atoms with Crippen LogP contribution in [0.15, 0.2) is 42.4 Å². The van der Waals surface area contributed by atoms with Crippen molar-refractivity contribution in [2.75, 3.05) is 0 Å². The minimum atomic E-state index is 0.548. The maximum absolute atomic E-state index is 8.33. The summed E-state index contributed by atoms with van der Waals surface area (Å²) in [5, 5.41) is 2.10. The molecule has 2 aliphatic rings. The fraction of sp³-hybridized carbons (Fsp3) is 0.318. The molecule has 5 rings (SSSR count). The molecule has 0 saturated heterocycles. The summed E-state index contributed by atoms with van der Waals surface area (Å²) in [6, 6.07) is 13.6. The fourth-order valence-electron chi connectivity index (χ4n) is 4.71. The predicted octanol–water partition coefficient (Wildman–Crippen LogP) is 5.88. The number of aromatic nitrogens is 1. The summed E-state index contributed by atoms with van der Waals surface area (Å²) < 4.78 is 8.33. The molecule has 1 fully saturated rings. The Bertz CT molecular complexity index is 989. The second-order valence-corrected chi connectivity index (χ2v) is 7.22. The third kappa shape index (κ3) is 1.89. The third-order valence-corrected chi connectivity index (χ3v) is 5.77. The van der Waals surface area contributed by atoms with E-state index >= 15 is 0 Å². The summed E-state index contributed by atoms with van der Waals surface area (Å²) in [5.41, 5.74) is 7.57. The van der Waals surface area contributed by atoms with Gasteiger partial charge in [-0.15, -0.1) is 0 Å². The van der Waals surface area contributed by atoms with Crippen LogP contribution in [-0.4, -0.2) is 4.98 Å². The van der Waals surface area contributed by atoms with Gasteiger partial charge in [-0.3, -0.25) is 4.98 Å². The van der Waals surface area contributed by atoms with E-state index in [4.69, 9.17) is 6.35 Å². The summed E-state index contributed by atoms with van der Waals surface area (Å²) in [4.78, 5) is 4.83. The first kappa shape index (κ1) is 12.3. The number of benzene rings is 2. The topological polar surface area (TPSA) is 12.9 Å². The molecule has 2 bridgehead atoms. The lowest BCUT2D eigenvalue weighted by molar-refractivity contribution is 0.717. The van der Waals surface area contributed by atoms with Gasteiger partial charge in [0.15, 0.2) is 0 Å². The van der Waals surface area contributed by atoms with Crippen LogP contribution in [0.3, 0.4) is 0 Å². The molecule has 2 atom stereocenters. The van der Waals surface area contributed by atoms with Crippen LogP contribution in [0, 0.1) is 13.8 Å². The zero-order chi connectivity index (χ0) is 16.4. The van der Waals surface area contributed by atoms with Gasteiger partial charge >= 0.3 is 0 Å². The molecular weight excluding hydrogens is 278 g/mol. The Morgan fingerprint density at radius 3 is 2.61 bits per heavy atom. The van der Waals surface area contributed by atoms with E-state index in [0.29, 0.717) is 6.04 Å². The standard InChI is InChI=1S/C22H21N/c1-13-9-20-16-7-8-17(11-16)21(20)12-19(13)22-18-6-4-3-5-15(18)10-14(2)23-22/h3-6,9-10,12,16-17H,7-8,11H2,1-2H3/i10D. The molecule has 2 unspecified atom stereocenters. The zero-order valence-electron chi connectivity index (χ0n) is 14.7. The highest BCUT2D eigenvalue weighted by Crippen LogP contribution is 2.54. The lowest BCUT2D eigenvalue weighted by Gasteiger charge is -2.19. The molecule has 114 valence electrons. The van der Waals surface area contributed by atoms with Gasteiger partial charge in [0, 0.05) is 16.6 Å². The third-order valence-electron chi connectivity index (χ3n) is 5.77. The SMILES string of the molecule is [2H]c1c(C)nc(-c2cc3c(cc2C)C2CCC3C2)c2ccccc12. The van der Waals surface area contributed by atoms with Gasteiger partial charge in [0.2, 0.25) is 0 Å². The van der Waals surface area contributed by atoms with Crippen LogP contribution in [0.4, 0.5) is 0 Å². The van der Waals surface area contributed by atoms with Crippen LogP contribution in [0.2, 0.25) is 0 Å². The van der Waals surface area contributed by atoms with E-state index in [9.17, 15) is 0 Å². The molecule has 1 heteroatoms. The molecule has 0 aliphatic heterocycles. The number of nitrogens with zero attached hydrogens (tertiary/aromatic N) is 1. The molecule has 3 aromatic rings. The van der Waals surface area contributed by atoms with Gasteiger partial charge in [-0.05, 0) is 79.1 Å². The van der Waals surface area contributed by atoms with E-state index in [-0.39, 0.29) is 0 Å². The quantitative estimate of drug-likeness (QED) is 0.546. The van der Waals surface area contributed by atoms with E-state index < -0.39 is 0 Å². The lowest BCUT2D eigenvalue weighted by atomic mass is 9.87.